The summed E-state index contributed by atoms with van der Waals surface area (Å²) in [6.45, 7) is 2.10. The molecule has 1 aliphatic rings. The van der Waals surface area contributed by atoms with Gasteiger partial charge in [-0.2, -0.15) is 0 Å². The van der Waals surface area contributed by atoms with Crippen molar-refractivity contribution in [3.05, 3.63) is 180 Å². The number of allylic oxidation sites excluding steroid dienone is 2. The van der Waals surface area contributed by atoms with Crippen molar-refractivity contribution in [2.75, 3.05) is 0 Å². The molecule has 3 heteroatoms. The molecule has 0 fully saturated rings. The van der Waals surface area contributed by atoms with E-state index in [0.29, 0.717) is 0 Å². The summed E-state index contributed by atoms with van der Waals surface area (Å²) < 4.78 is 2.43. The molecule has 0 radical (unpaired) electrons. The van der Waals surface area contributed by atoms with Gasteiger partial charge in [-0.05, 0) is 81.7 Å². The summed E-state index contributed by atoms with van der Waals surface area (Å²) in [5.41, 5.74) is 10.2. The van der Waals surface area contributed by atoms with E-state index in [1.165, 1.54) is 54.5 Å². The lowest BCUT2D eigenvalue weighted by Gasteiger charge is -2.36. The van der Waals surface area contributed by atoms with Crippen molar-refractivity contribution in [2.24, 2.45) is 0 Å². The van der Waals surface area contributed by atoms with E-state index in [1.54, 1.807) is 0 Å². The number of aryl methyl sites for hydroxylation is 1. The zero-order valence-electron chi connectivity index (χ0n) is 25.4. The monoisotopic (exact) mass is 588 g/mol. The molecular formula is C43H30N3-. The first-order valence-electron chi connectivity index (χ1n) is 15.8. The standard InChI is InChI=1S/C43H30N3/c1-28-9-8-24-44-42(28)40-15-7-14-39(45-40)34-20-21-36-33(26-34)19-23-38-37-22-18-32(31-17-16-29-10-5-6-11-30(29)25-31)27-41(37)46(43(36)38)35-12-3-2-4-13-35/h2-27,40H,1H3/q-1. The molecule has 2 aromatic heterocycles. The predicted molar refractivity (Wildman–Crippen MR) is 193 cm³/mol. The van der Waals surface area contributed by atoms with Gasteiger partial charge >= 0.3 is 0 Å². The number of fused-ring (bicyclic) bond motifs is 6. The van der Waals surface area contributed by atoms with Crippen LogP contribution in [0.3, 0.4) is 0 Å². The second kappa shape index (κ2) is 10.6. The van der Waals surface area contributed by atoms with Crippen LogP contribution >= 0.6 is 0 Å². The molecule has 0 aliphatic carbocycles. The molecule has 9 rings (SSSR count). The number of para-hydroxylation sites is 1. The highest BCUT2D eigenvalue weighted by molar-refractivity contribution is 6.19. The van der Waals surface area contributed by atoms with Crippen molar-refractivity contribution in [3.8, 4) is 16.8 Å². The number of hydrogen-bond acceptors (Lipinski definition) is 1. The Morgan fingerprint density at radius 1 is 0.609 bits per heavy atom. The largest absolute Gasteiger partial charge is 0.673 e. The number of benzene rings is 6. The van der Waals surface area contributed by atoms with Crippen LogP contribution in [0.1, 0.15) is 22.9 Å². The third-order valence-electron chi connectivity index (χ3n) is 9.29. The molecule has 0 saturated heterocycles. The highest BCUT2D eigenvalue weighted by Crippen LogP contribution is 2.41. The lowest BCUT2D eigenvalue weighted by molar-refractivity contribution is 0.941. The Bertz CT molecular complexity index is 2520. The summed E-state index contributed by atoms with van der Waals surface area (Å²) in [5, 5.41) is 12.5. The van der Waals surface area contributed by atoms with Gasteiger partial charge in [0.1, 0.15) is 0 Å². The maximum absolute atomic E-state index is 5.12. The molecule has 0 amide bonds. The molecule has 3 heterocycles. The van der Waals surface area contributed by atoms with Crippen molar-refractivity contribution in [1.82, 2.24) is 9.55 Å². The number of hydrogen-bond donors (Lipinski definition) is 0. The van der Waals surface area contributed by atoms with Gasteiger partial charge < -0.3 is 9.88 Å². The molecular weight excluding hydrogens is 558 g/mol. The number of pyridine rings is 1. The van der Waals surface area contributed by atoms with E-state index in [0.717, 1.165) is 28.2 Å². The Hall–Kier alpha value is -5.93. The molecule has 1 aliphatic heterocycles. The summed E-state index contributed by atoms with van der Waals surface area (Å²) >= 11 is 0. The Balaban J connectivity index is 1.20. The van der Waals surface area contributed by atoms with Crippen molar-refractivity contribution >= 4 is 49.0 Å². The third-order valence-corrected chi connectivity index (χ3v) is 9.29. The fourth-order valence-electron chi connectivity index (χ4n) is 7.01. The topological polar surface area (TPSA) is 31.9 Å². The molecule has 0 saturated carbocycles. The second-order valence-corrected chi connectivity index (χ2v) is 12.1. The number of nitrogens with zero attached hydrogens (tertiary/aromatic N) is 3. The molecule has 1 unspecified atom stereocenters. The summed E-state index contributed by atoms with van der Waals surface area (Å²) in [5.74, 6) is 0. The lowest BCUT2D eigenvalue weighted by Crippen LogP contribution is -2.03. The van der Waals surface area contributed by atoms with Crippen LogP contribution in [0.2, 0.25) is 0 Å². The molecule has 1 atom stereocenters. The summed E-state index contributed by atoms with van der Waals surface area (Å²) in [6.07, 6.45) is 8.17. The average molecular weight is 589 g/mol. The van der Waals surface area contributed by atoms with E-state index < -0.39 is 0 Å². The maximum Gasteiger partial charge on any atom is 0.0619 e. The summed E-state index contributed by atoms with van der Waals surface area (Å²) in [7, 11) is 0. The molecule has 0 bridgehead atoms. The SMILES string of the molecule is Cc1cccnc1C1C=CC=C(c2ccc3c(ccc4c5ccc(-c6ccc7ccccc7c6)cc5n(-c5ccccc5)c34)c2)[N-]1. The van der Waals surface area contributed by atoms with Gasteiger partial charge in [-0.25, -0.2) is 0 Å². The zero-order valence-corrected chi connectivity index (χ0v) is 25.4. The van der Waals surface area contributed by atoms with Crippen LogP contribution in [0.4, 0.5) is 0 Å². The van der Waals surface area contributed by atoms with Crippen molar-refractivity contribution < 1.29 is 0 Å². The molecule has 46 heavy (non-hydrogen) atoms. The predicted octanol–water partition coefficient (Wildman–Crippen LogP) is 11.5. The van der Waals surface area contributed by atoms with Gasteiger partial charge in [0.15, 0.2) is 0 Å². The minimum absolute atomic E-state index is 0.0863. The van der Waals surface area contributed by atoms with Crippen molar-refractivity contribution in [3.63, 3.8) is 0 Å². The van der Waals surface area contributed by atoms with E-state index in [9.17, 15) is 0 Å². The minimum Gasteiger partial charge on any atom is -0.673 e. The Morgan fingerprint density at radius 2 is 1.33 bits per heavy atom. The smallest absolute Gasteiger partial charge is 0.0619 e. The van der Waals surface area contributed by atoms with Gasteiger partial charge in [0.25, 0.3) is 0 Å². The third kappa shape index (κ3) is 4.32. The van der Waals surface area contributed by atoms with E-state index in [1.807, 2.05) is 12.3 Å². The molecule has 0 spiro atoms. The quantitative estimate of drug-likeness (QED) is 0.201. The van der Waals surface area contributed by atoms with Gasteiger partial charge in [-0.1, -0.05) is 121 Å². The van der Waals surface area contributed by atoms with E-state index in [-0.39, 0.29) is 6.04 Å². The van der Waals surface area contributed by atoms with Gasteiger partial charge in [-0.3, -0.25) is 4.98 Å². The van der Waals surface area contributed by atoms with E-state index >= 15 is 0 Å². The Morgan fingerprint density at radius 3 is 2.22 bits per heavy atom. The molecule has 6 aromatic carbocycles. The first kappa shape index (κ1) is 26.5. The zero-order chi connectivity index (χ0) is 30.6. The fourth-order valence-corrected chi connectivity index (χ4v) is 7.01. The fraction of sp³-hybridized carbons (Fsp3) is 0.0465. The van der Waals surface area contributed by atoms with Crippen molar-refractivity contribution in [1.29, 1.82) is 0 Å². The highest BCUT2D eigenvalue weighted by Gasteiger charge is 2.17. The molecule has 3 nitrogen and oxygen atoms in total. The summed E-state index contributed by atoms with van der Waals surface area (Å²) in [4.78, 5) is 4.64. The number of aromatic nitrogens is 2. The first-order valence-corrected chi connectivity index (χ1v) is 15.8. The van der Waals surface area contributed by atoms with Crippen LogP contribution in [0.15, 0.2) is 158 Å². The van der Waals surface area contributed by atoms with Crippen LogP contribution in [0.25, 0.3) is 71.2 Å². The molecule has 8 aromatic rings. The number of rotatable bonds is 4. The van der Waals surface area contributed by atoms with Crippen LogP contribution in [0.5, 0.6) is 0 Å². The van der Waals surface area contributed by atoms with Crippen LogP contribution in [0, 0.1) is 6.92 Å². The first-order chi connectivity index (χ1) is 22.7. The lowest BCUT2D eigenvalue weighted by atomic mass is 9.98. The van der Waals surface area contributed by atoms with E-state index in [4.69, 9.17) is 5.32 Å². The molecule has 218 valence electrons. The Kier molecular flexibility index (Phi) is 6.10. The van der Waals surface area contributed by atoms with E-state index in [2.05, 4.69) is 162 Å². The van der Waals surface area contributed by atoms with Gasteiger partial charge in [-0.15, -0.1) is 5.70 Å². The van der Waals surface area contributed by atoms with Crippen molar-refractivity contribution in [2.45, 2.75) is 13.0 Å². The summed E-state index contributed by atoms with van der Waals surface area (Å²) in [6, 6.07) is 48.2. The van der Waals surface area contributed by atoms with Crippen LogP contribution in [-0.2, 0) is 0 Å². The minimum atomic E-state index is -0.0863. The normalized spacial score (nSPS) is 14.6. The van der Waals surface area contributed by atoms with Gasteiger partial charge in [0, 0.05) is 33.7 Å². The maximum atomic E-state index is 5.12. The Labute approximate surface area is 267 Å². The molecule has 0 N–H and O–H groups in total. The van der Waals surface area contributed by atoms with Gasteiger partial charge in [0.2, 0.25) is 0 Å². The van der Waals surface area contributed by atoms with Gasteiger partial charge in [0.05, 0.1) is 11.0 Å². The van der Waals surface area contributed by atoms with Crippen LogP contribution < -0.4 is 0 Å². The average Bonchev–Trinajstić information content (AvgIpc) is 3.46. The van der Waals surface area contributed by atoms with Crippen LogP contribution in [-0.4, -0.2) is 9.55 Å². The highest BCUT2D eigenvalue weighted by atomic mass is 15.0. The second-order valence-electron chi connectivity index (χ2n) is 12.1.